The van der Waals surface area contributed by atoms with Gasteiger partial charge in [-0.25, -0.2) is 4.79 Å². The molecule has 4 rings (SSSR count). The molecule has 1 aliphatic heterocycles. The Labute approximate surface area is 146 Å². The van der Waals surface area contributed by atoms with Crippen molar-refractivity contribution in [2.24, 2.45) is 0 Å². The number of fused-ring (bicyclic) bond motifs is 1. The largest absolute Gasteiger partial charge is 0.462 e. The Morgan fingerprint density at radius 2 is 1.88 bits per heavy atom. The fraction of sp³-hybridized carbons (Fsp3) is 0.286. The van der Waals surface area contributed by atoms with Crippen molar-refractivity contribution in [3.63, 3.8) is 0 Å². The van der Waals surface area contributed by atoms with Crippen molar-refractivity contribution < 1.29 is 18.7 Å². The van der Waals surface area contributed by atoms with E-state index in [1.54, 1.807) is 13.8 Å². The molecular formula is C21H20O4. The second-order valence-corrected chi connectivity index (χ2v) is 6.41. The summed E-state index contributed by atoms with van der Waals surface area (Å²) >= 11 is 0. The maximum Gasteiger partial charge on any atom is 0.342 e. The summed E-state index contributed by atoms with van der Waals surface area (Å²) in [6.45, 7) is 5.21. The molecule has 0 unspecified atom stereocenters. The van der Waals surface area contributed by atoms with E-state index in [0.29, 0.717) is 36.7 Å². The first kappa shape index (κ1) is 15.9. The van der Waals surface area contributed by atoms with Crippen molar-refractivity contribution in [2.75, 3.05) is 19.8 Å². The number of aryl methyl sites for hydroxylation is 1. The predicted molar refractivity (Wildman–Crippen MR) is 94.9 cm³/mol. The summed E-state index contributed by atoms with van der Waals surface area (Å²) < 4.78 is 16.5. The highest BCUT2D eigenvalue weighted by atomic mass is 16.5. The van der Waals surface area contributed by atoms with Gasteiger partial charge in [-0.3, -0.25) is 0 Å². The molecule has 1 fully saturated rings. The quantitative estimate of drug-likeness (QED) is 0.669. The van der Waals surface area contributed by atoms with Gasteiger partial charge in [0.2, 0.25) is 0 Å². The molecule has 0 saturated carbocycles. The van der Waals surface area contributed by atoms with Crippen molar-refractivity contribution >= 4 is 16.9 Å². The number of ether oxygens (including phenoxy) is 2. The fourth-order valence-electron chi connectivity index (χ4n) is 3.54. The lowest BCUT2D eigenvalue weighted by Crippen LogP contribution is -2.47. The van der Waals surface area contributed by atoms with Crippen LogP contribution in [0.1, 0.15) is 34.2 Å². The summed E-state index contributed by atoms with van der Waals surface area (Å²) in [7, 11) is 0. The average Bonchev–Trinajstić information content (AvgIpc) is 2.90. The minimum absolute atomic E-state index is 0.174. The Morgan fingerprint density at radius 1 is 1.12 bits per heavy atom. The summed E-state index contributed by atoms with van der Waals surface area (Å²) in [6.07, 6.45) is 0. The van der Waals surface area contributed by atoms with Gasteiger partial charge in [-0.05, 0) is 37.1 Å². The second-order valence-electron chi connectivity index (χ2n) is 6.41. The lowest BCUT2D eigenvalue weighted by atomic mass is 9.72. The van der Waals surface area contributed by atoms with Crippen molar-refractivity contribution in [1.82, 2.24) is 0 Å². The highest BCUT2D eigenvalue weighted by Crippen LogP contribution is 2.41. The van der Waals surface area contributed by atoms with Crippen LogP contribution < -0.4 is 0 Å². The van der Waals surface area contributed by atoms with Crippen molar-refractivity contribution in [1.29, 1.82) is 0 Å². The van der Waals surface area contributed by atoms with E-state index >= 15 is 0 Å². The summed E-state index contributed by atoms with van der Waals surface area (Å²) in [5, 5.41) is 0.802. The second kappa shape index (κ2) is 6.05. The molecule has 3 aromatic rings. The zero-order chi connectivity index (χ0) is 17.4. The smallest absolute Gasteiger partial charge is 0.342 e. The number of benzene rings is 2. The number of furan rings is 1. The van der Waals surface area contributed by atoms with Crippen LogP contribution in [0, 0.1) is 6.92 Å². The number of rotatable bonds is 4. The van der Waals surface area contributed by atoms with Gasteiger partial charge in [0.1, 0.15) is 16.9 Å². The molecule has 0 atom stereocenters. The van der Waals surface area contributed by atoms with Crippen LogP contribution in [-0.2, 0) is 14.9 Å². The molecule has 4 heteroatoms. The Morgan fingerprint density at radius 3 is 2.52 bits per heavy atom. The highest BCUT2D eigenvalue weighted by molar-refractivity contribution is 6.04. The van der Waals surface area contributed by atoms with Gasteiger partial charge < -0.3 is 13.9 Å². The van der Waals surface area contributed by atoms with Crippen LogP contribution >= 0.6 is 0 Å². The lowest BCUT2D eigenvalue weighted by molar-refractivity contribution is -0.0379. The molecule has 0 N–H and O–H groups in total. The van der Waals surface area contributed by atoms with Gasteiger partial charge in [-0.2, -0.15) is 0 Å². The number of carbonyl (C=O) groups is 1. The standard InChI is InChI=1S/C21H20O4/c1-3-24-20(22)19-14(2)25-18-10-9-16(11-17(18)19)21(12-23-13-21)15-7-5-4-6-8-15/h4-11H,3,12-13H2,1-2H3. The molecule has 2 heterocycles. The van der Waals surface area contributed by atoms with E-state index in [1.807, 2.05) is 30.3 Å². The molecule has 128 valence electrons. The first-order chi connectivity index (χ1) is 12.2. The Kier molecular flexibility index (Phi) is 3.85. The molecule has 4 nitrogen and oxygen atoms in total. The zero-order valence-corrected chi connectivity index (χ0v) is 14.4. The van der Waals surface area contributed by atoms with Gasteiger partial charge in [0.05, 0.1) is 25.2 Å². The first-order valence-electron chi connectivity index (χ1n) is 8.50. The minimum atomic E-state index is -0.338. The van der Waals surface area contributed by atoms with Gasteiger partial charge in [-0.15, -0.1) is 0 Å². The molecule has 1 saturated heterocycles. The van der Waals surface area contributed by atoms with Gasteiger partial charge in [0.15, 0.2) is 0 Å². The molecule has 2 aromatic carbocycles. The van der Waals surface area contributed by atoms with Crippen molar-refractivity contribution in [3.05, 3.63) is 71.0 Å². The first-order valence-corrected chi connectivity index (χ1v) is 8.50. The van der Waals surface area contributed by atoms with E-state index in [2.05, 4.69) is 18.2 Å². The predicted octanol–water partition coefficient (Wildman–Crippen LogP) is 4.23. The normalized spacial score (nSPS) is 15.8. The van der Waals surface area contributed by atoms with Gasteiger partial charge in [0.25, 0.3) is 0 Å². The average molecular weight is 336 g/mol. The third-order valence-electron chi connectivity index (χ3n) is 4.92. The SMILES string of the molecule is CCOC(=O)c1c(C)oc2ccc(C3(c4ccccc4)COC3)cc12. The van der Waals surface area contributed by atoms with Crippen LogP contribution in [0.3, 0.4) is 0 Å². The van der Waals surface area contributed by atoms with Gasteiger partial charge in [0, 0.05) is 5.39 Å². The van der Waals surface area contributed by atoms with Crippen LogP contribution in [0.5, 0.6) is 0 Å². The Bertz CT molecular complexity index is 920. The van der Waals surface area contributed by atoms with Crippen LogP contribution in [0.25, 0.3) is 11.0 Å². The minimum Gasteiger partial charge on any atom is -0.462 e. The van der Waals surface area contributed by atoms with Crippen molar-refractivity contribution in [3.8, 4) is 0 Å². The topological polar surface area (TPSA) is 48.7 Å². The highest BCUT2D eigenvalue weighted by Gasteiger charge is 2.42. The molecule has 0 spiro atoms. The van der Waals surface area contributed by atoms with Gasteiger partial charge >= 0.3 is 5.97 Å². The molecule has 25 heavy (non-hydrogen) atoms. The maximum absolute atomic E-state index is 12.3. The monoisotopic (exact) mass is 336 g/mol. The number of esters is 1. The van der Waals surface area contributed by atoms with E-state index in [-0.39, 0.29) is 11.4 Å². The Balaban J connectivity index is 1.86. The molecule has 0 aliphatic carbocycles. The molecular weight excluding hydrogens is 316 g/mol. The fourth-order valence-corrected chi connectivity index (χ4v) is 3.54. The van der Waals surface area contributed by atoms with E-state index in [1.165, 1.54) is 5.56 Å². The van der Waals surface area contributed by atoms with Crippen LogP contribution in [0.4, 0.5) is 0 Å². The maximum atomic E-state index is 12.3. The summed E-state index contributed by atoms with van der Waals surface area (Å²) in [5.41, 5.74) is 3.39. The van der Waals surface area contributed by atoms with E-state index in [4.69, 9.17) is 13.9 Å². The van der Waals surface area contributed by atoms with Crippen LogP contribution in [0.15, 0.2) is 52.9 Å². The number of hydrogen-bond donors (Lipinski definition) is 0. The molecule has 0 radical (unpaired) electrons. The number of carbonyl (C=O) groups excluding carboxylic acids is 1. The van der Waals surface area contributed by atoms with Crippen LogP contribution in [-0.4, -0.2) is 25.8 Å². The summed E-state index contributed by atoms with van der Waals surface area (Å²) in [6, 6.07) is 16.4. The zero-order valence-electron chi connectivity index (χ0n) is 14.4. The molecule has 0 bridgehead atoms. The van der Waals surface area contributed by atoms with Gasteiger partial charge in [-0.1, -0.05) is 36.4 Å². The number of hydrogen-bond acceptors (Lipinski definition) is 4. The lowest BCUT2D eigenvalue weighted by Gasteiger charge is -2.42. The summed E-state index contributed by atoms with van der Waals surface area (Å²) in [5.74, 6) is 0.249. The van der Waals surface area contributed by atoms with E-state index in [0.717, 1.165) is 10.9 Å². The van der Waals surface area contributed by atoms with Crippen molar-refractivity contribution in [2.45, 2.75) is 19.3 Å². The Hall–Kier alpha value is -2.59. The third-order valence-corrected chi connectivity index (χ3v) is 4.92. The third kappa shape index (κ3) is 2.45. The molecule has 1 aliphatic rings. The van der Waals surface area contributed by atoms with E-state index < -0.39 is 0 Å². The summed E-state index contributed by atoms with van der Waals surface area (Å²) in [4.78, 5) is 12.3. The van der Waals surface area contributed by atoms with E-state index in [9.17, 15) is 4.79 Å². The van der Waals surface area contributed by atoms with Crippen LogP contribution in [0.2, 0.25) is 0 Å². The molecule has 0 amide bonds. The molecule has 1 aromatic heterocycles.